The summed E-state index contributed by atoms with van der Waals surface area (Å²) in [5.41, 5.74) is 2.54. The Labute approximate surface area is 238 Å². The molecule has 216 valence electrons. The van der Waals surface area contributed by atoms with Gasteiger partial charge in [-0.25, -0.2) is 4.39 Å². The number of halogens is 1. The minimum atomic E-state index is -0.329. The van der Waals surface area contributed by atoms with Crippen molar-refractivity contribution < 1.29 is 13.9 Å². The molecule has 3 N–H and O–H groups in total. The molecule has 3 saturated carbocycles. The topological polar surface area (TPSA) is 78.0 Å². The summed E-state index contributed by atoms with van der Waals surface area (Å²) in [7, 11) is 1.51. The highest BCUT2D eigenvalue weighted by molar-refractivity contribution is 5.94. The third-order valence-corrected chi connectivity index (χ3v) is 9.72. The maximum Gasteiger partial charge on any atom is 0.251 e. The smallest absolute Gasteiger partial charge is 0.251 e. The minimum absolute atomic E-state index is 0.173. The van der Waals surface area contributed by atoms with Crippen LogP contribution in [0.2, 0.25) is 0 Å². The van der Waals surface area contributed by atoms with Crippen LogP contribution in [0.4, 0.5) is 10.1 Å². The summed E-state index contributed by atoms with van der Waals surface area (Å²) < 4.78 is 19.2. The van der Waals surface area contributed by atoms with Crippen molar-refractivity contribution in [1.82, 2.24) is 15.5 Å². The predicted molar refractivity (Wildman–Crippen MR) is 158 cm³/mol. The number of hydrogen-bond donors (Lipinski definition) is 3. The lowest BCUT2D eigenvalue weighted by Gasteiger charge is -2.61. The lowest BCUT2D eigenvalue weighted by molar-refractivity contribution is -0.108. The van der Waals surface area contributed by atoms with Crippen molar-refractivity contribution >= 4 is 17.4 Å². The first-order chi connectivity index (χ1) is 19.2. The zero-order chi connectivity index (χ0) is 28.4. The van der Waals surface area contributed by atoms with Gasteiger partial charge in [-0.3, -0.25) is 9.79 Å². The molecule has 2 aromatic carbocycles. The number of ether oxygens (including phenoxy) is 1. The molecule has 3 aliphatic carbocycles. The third-order valence-electron chi connectivity index (χ3n) is 9.72. The van der Waals surface area contributed by atoms with Gasteiger partial charge in [0.25, 0.3) is 5.91 Å². The van der Waals surface area contributed by atoms with E-state index in [1.54, 1.807) is 12.1 Å². The number of amidine groups is 1. The number of aliphatic imine (C=N–C) groups is 1. The minimum Gasteiger partial charge on any atom is -0.497 e. The van der Waals surface area contributed by atoms with Crippen molar-refractivity contribution in [2.75, 3.05) is 38.7 Å². The molecule has 0 radical (unpaired) electrons. The molecular weight excluding hydrogens is 505 g/mol. The number of amides is 1. The molecule has 5 atom stereocenters. The van der Waals surface area contributed by atoms with Gasteiger partial charge in [0.15, 0.2) is 0 Å². The van der Waals surface area contributed by atoms with Crippen LogP contribution in [0.15, 0.2) is 47.5 Å². The first kappa shape index (κ1) is 28.4. The number of methoxy groups -OCH3 is 1. The number of rotatable bonds is 9. The van der Waals surface area contributed by atoms with Gasteiger partial charge in [-0.2, -0.15) is 0 Å². The van der Waals surface area contributed by atoms with Gasteiger partial charge in [-0.15, -0.1) is 0 Å². The molecule has 8 heteroatoms. The molecule has 2 bridgehead atoms. The number of anilines is 1. The second kappa shape index (κ2) is 11.8. The highest BCUT2D eigenvalue weighted by Crippen LogP contribution is 2.61. The summed E-state index contributed by atoms with van der Waals surface area (Å²) in [6.45, 7) is 12.3. The summed E-state index contributed by atoms with van der Waals surface area (Å²) >= 11 is 0. The molecule has 2 aromatic rings. The van der Waals surface area contributed by atoms with Crippen molar-refractivity contribution in [2.24, 2.45) is 28.2 Å². The lowest BCUT2D eigenvalue weighted by atomic mass is 9.45. The fourth-order valence-corrected chi connectivity index (χ4v) is 6.91. The number of fused-ring (bicyclic) bond motifs is 2. The van der Waals surface area contributed by atoms with Gasteiger partial charge in [0.1, 0.15) is 17.4 Å². The fourth-order valence-electron chi connectivity index (χ4n) is 6.91. The van der Waals surface area contributed by atoms with Crippen LogP contribution in [0.1, 0.15) is 56.5 Å². The van der Waals surface area contributed by atoms with E-state index in [1.165, 1.54) is 26.0 Å². The van der Waals surface area contributed by atoms with E-state index >= 15 is 0 Å². The Morgan fingerprint density at radius 3 is 2.62 bits per heavy atom. The molecular formula is C32H44FN5O2. The van der Waals surface area contributed by atoms with Crippen LogP contribution < -0.4 is 20.7 Å². The second-order valence-corrected chi connectivity index (χ2v) is 12.3. The van der Waals surface area contributed by atoms with E-state index in [-0.39, 0.29) is 17.8 Å². The van der Waals surface area contributed by atoms with Crippen LogP contribution in [0, 0.1) is 29.0 Å². The summed E-state index contributed by atoms with van der Waals surface area (Å²) in [4.78, 5) is 20.3. The van der Waals surface area contributed by atoms with Crippen molar-refractivity contribution in [1.29, 1.82) is 0 Å². The van der Waals surface area contributed by atoms with E-state index in [0.29, 0.717) is 53.9 Å². The molecule has 0 aromatic heterocycles. The number of piperazine rings is 1. The van der Waals surface area contributed by atoms with Crippen LogP contribution >= 0.6 is 0 Å². The van der Waals surface area contributed by atoms with Crippen LogP contribution in [0.3, 0.4) is 0 Å². The molecule has 1 amide bonds. The molecule has 1 unspecified atom stereocenters. The monoisotopic (exact) mass is 549 g/mol. The normalized spacial score (nSPS) is 28.1. The molecule has 7 nitrogen and oxygen atoms in total. The number of hydrogen-bond acceptors (Lipinski definition) is 5. The van der Waals surface area contributed by atoms with Gasteiger partial charge >= 0.3 is 0 Å². The number of nitrogens with one attached hydrogen (secondary N) is 3. The van der Waals surface area contributed by atoms with Crippen LogP contribution in [-0.2, 0) is 6.42 Å². The molecule has 1 saturated heterocycles. The Balaban J connectivity index is 1.14. The Morgan fingerprint density at radius 2 is 1.95 bits per heavy atom. The van der Waals surface area contributed by atoms with E-state index in [0.717, 1.165) is 36.4 Å². The van der Waals surface area contributed by atoms with Gasteiger partial charge < -0.3 is 25.6 Å². The number of carbonyl (C=O) groups is 1. The summed E-state index contributed by atoms with van der Waals surface area (Å²) in [5, 5.41) is 9.99. The number of carbonyl (C=O) groups excluding carboxylic acids is 1. The maximum absolute atomic E-state index is 14.1. The molecule has 40 heavy (non-hydrogen) atoms. The Hall–Kier alpha value is -3.13. The van der Waals surface area contributed by atoms with Crippen molar-refractivity contribution in [3.8, 4) is 5.75 Å². The summed E-state index contributed by atoms with van der Waals surface area (Å²) in [6, 6.07) is 12.9. The highest BCUT2D eigenvalue weighted by Gasteiger charge is 2.56. The molecule has 6 rings (SSSR count). The van der Waals surface area contributed by atoms with E-state index in [1.807, 2.05) is 24.3 Å². The van der Waals surface area contributed by atoms with Crippen LogP contribution in [-0.4, -0.2) is 62.1 Å². The first-order valence-corrected chi connectivity index (χ1v) is 14.7. The van der Waals surface area contributed by atoms with Gasteiger partial charge in [-0.05, 0) is 85.3 Å². The average Bonchev–Trinajstić information content (AvgIpc) is 2.94. The quantitative estimate of drug-likeness (QED) is 0.413. The van der Waals surface area contributed by atoms with Gasteiger partial charge in [-0.1, -0.05) is 26.8 Å². The molecule has 1 aliphatic heterocycles. The average molecular weight is 550 g/mol. The Bertz CT molecular complexity index is 1230. The fraction of sp³-hybridized carbons (Fsp3) is 0.562. The standard InChI is InChI=1S/C32H44FN5O2/c1-20-27-16-24(32(27,3)4)17-29(20)37-30-21(2)34-14-15-38(30)19-36-25-9-6-23(7-10-25)31(39)35-13-12-22-8-11-26(40-5)18-28(22)33/h6-11,18,20-21,24,27,29,34,36H,12-17,19H2,1-5H3,(H,35,39)/t20-,21-,24+,27-,29?/m0/s1. The largest absolute Gasteiger partial charge is 0.497 e. The first-order valence-electron chi connectivity index (χ1n) is 14.7. The van der Waals surface area contributed by atoms with Crippen LogP contribution in [0.25, 0.3) is 0 Å². The van der Waals surface area contributed by atoms with E-state index < -0.39 is 0 Å². The summed E-state index contributed by atoms with van der Waals surface area (Å²) in [6.07, 6.45) is 2.97. The lowest BCUT2D eigenvalue weighted by Crippen LogP contribution is -2.58. The zero-order valence-electron chi connectivity index (χ0n) is 24.5. The highest BCUT2D eigenvalue weighted by atomic mass is 19.1. The van der Waals surface area contributed by atoms with Gasteiger partial charge in [0.2, 0.25) is 0 Å². The van der Waals surface area contributed by atoms with Gasteiger partial charge in [0.05, 0.1) is 25.9 Å². The predicted octanol–water partition coefficient (Wildman–Crippen LogP) is 4.94. The molecule has 1 heterocycles. The summed E-state index contributed by atoms with van der Waals surface area (Å²) in [5.74, 6) is 3.32. The number of benzene rings is 2. The van der Waals surface area contributed by atoms with E-state index in [4.69, 9.17) is 9.73 Å². The second-order valence-electron chi connectivity index (χ2n) is 12.3. The Kier molecular flexibility index (Phi) is 8.36. The van der Waals surface area contributed by atoms with Crippen molar-refractivity contribution in [2.45, 2.75) is 59.0 Å². The number of nitrogens with zero attached hydrogens (tertiary/aromatic N) is 2. The molecule has 4 fully saturated rings. The van der Waals surface area contributed by atoms with Crippen molar-refractivity contribution in [3.05, 3.63) is 59.4 Å². The van der Waals surface area contributed by atoms with Crippen molar-refractivity contribution in [3.63, 3.8) is 0 Å². The Morgan fingerprint density at radius 1 is 1.18 bits per heavy atom. The third kappa shape index (κ3) is 5.82. The maximum atomic E-state index is 14.1. The molecule has 0 spiro atoms. The van der Waals surface area contributed by atoms with Gasteiger partial charge in [0, 0.05) is 37.0 Å². The van der Waals surface area contributed by atoms with E-state index in [2.05, 4.69) is 48.5 Å². The van der Waals surface area contributed by atoms with E-state index in [9.17, 15) is 9.18 Å². The molecule has 4 aliphatic rings. The zero-order valence-corrected chi connectivity index (χ0v) is 24.5. The van der Waals surface area contributed by atoms with Crippen LogP contribution in [0.5, 0.6) is 5.75 Å². The SMILES string of the molecule is COc1ccc(CCNC(=O)c2ccc(NCN3CCN[C@@H](C)C3=NC3C[C@H]4C[C@@H]([C@@H]3C)C4(C)C)cc2)c(F)c1.